The summed E-state index contributed by atoms with van der Waals surface area (Å²) in [5.74, 6) is 5.42. The molecule has 110 valence electrons. The summed E-state index contributed by atoms with van der Waals surface area (Å²) in [5, 5.41) is 8.45. The molecule has 2 heterocycles. The number of fused-ring (bicyclic) bond motifs is 1. The topological polar surface area (TPSA) is 97.1 Å². The molecule has 3 N–H and O–H groups in total. The molecule has 7 heteroatoms. The van der Waals surface area contributed by atoms with Crippen LogP contribution in [0.1, 0.15) is 16.1 Å². The summed E-state index contributed by atoms with van der Waals surface area (Å²) < 4.78 is 1.87. The number of aryl methyl sites for hydroxylation is 1. The number of aromatic nitrogens is 2. The number of hydrazine groups is 1. The summed E-state index contributed by atoms with van der Waals surface area (Å²) in [7, 11) is 0. The van der Waals surface area contributed by atoms with Crippen LogP contribution in [0.3, 0.4) is 0 Å². The van der Waals surface area contributed by atoms with Crippen molar-refractivity contribution in [1.29, 1.82) is 0 Å². The maximum absolute atomic E-state index is 11.4. The summed E-state index contributed by atoms with van der Waals surface area (Å²) in [6.45, 7) is 1.88. The molecule has 3 rings (SSSR count). The third kappa shape index (κ3) is 2.57. The first-order valence-electron chi connectivity index (χ1n) is 6.65. The van der Waals surface area contributed by atoms with Gasteiger partial charge in [-0.05, 0) is 43.3 Å². The molecule has 1 amide bonds. The van der Waals surface area contributed by atoms with E-state index in [2.05, 4.69) is 20.6 Å². The Morgan fingerprint density at radius 1 is 1.18 bits per heavy atom. The van der Waals surface area contributed by atoms with Crippen LogP contribution in [0.25, 0.3) is 5.65 Å². The third-order valence-electron chi connectivity index (χ3n) is 3.19. The van der Waals surface area contributed by atoms with Gasteiger partial charge in [-0.3, -0.25) is 14.6 Å². The number of nitrogens with two attached hydrogens (primary N) is 1. The Kier molecular flexibility index (Phi) is 3.63. The minimum absolute atomic E-state index is 0.346. The number of pyridine rings is 1. The predicted octanol–water partition coefficient (Wildman–Crippen LogP) is 2.66. The van der Waals surface area contributed by atoms with E-state index in [0.717, 1.165) is 11.3 Å². The van der Waals surface area contributed by atoms with Gasteiger partial charge in [-0.2, -0.15) is 0 Å². The standard InChI is InChI=1S/C15H14N6O/c1-10-14(21-9-3-2-4-13(21)17-10)20-19-12-7-5-11(6-8-12)15(22)18-16/h2-9H,16H2,1H3,(H,18,22). The highest BCUT2D eigenvalue weighted by molar-refractivity contribution is 5.93. The monoisotopic (exact) mass is 294 g/mol. The molecule has 0 spiro atoms. The van der Waals surface area contributed by atoms with Gasteiger partial charge in [0.05, 0.1) is 11.4 Å². The molecule has 0 saturated heterocycles. The van der Waals surface area contributed by atoms with E-state index in [0.29, 0.717) is 17.1 Å². The van der Waals surface area contributed by atoms with Crippen LogP contribution in [0, 0.1) is 6.92 Å². The van der Waals surface area contributed by atoms with Gasteiger partial charge in [0.1, 0.15) is 5.65 Å². The third-order valence-corrected chi connectivity index (χ3v) is 3.19. The number of nitrogens with one attached hydrogen (secondary N) is 1. The summed E-state index contributed by atoms with van der Waals surface area (Å²) in [6.07, 6.45) is 1.89. The van der Waals surface area contributed by atoms with Gasteiger partial charge in [0.15, 0.2) is 5.82 Å². The first-order chi connectivity index (χ1) is 10.7. The zero-order valence-corrected chi connectivity index (χ0v) is 11.9. The van der Waals surface area contributed by atoms with E-state index in [1.807, 2.05) is 35.7 Å². The zero-order chi connectivity index (χ0) is 15.5. The molecular weight excluding hydrogens is 280 g/mol. The summed E-state index contributed by atoms with van der Waals surface area (Å²) >= 11 is 0. The van der Waals surface area contributed by atoms with Crippen molar-refractivity contribution in [2.75, 3.05) is 0 Å². The van der Waals surface area contributed by atoms with Crippen LogP contribution in [0.15, 0.2) is 58.9 Å². The van der Waals surface area contributed by atoms with Crippen LogP contribution in [0.5, 0.6) is 0 Å². The quantitative estimate of drug-likeness (QED) is 0.336. The maximum Gasteiger partial charge on any atom is 0.265 e. The van der Waals surface area contributed by atoms with Gasteiger partial charge < -0.3 is 0 Å². The van der Waals surface area contributed by atoms with E-state index >= 15 is 0 Å². The van der Waals surface area contributed by atoms with E-state index in [1.54, 1.807) is 24.3 Å². The summed E-state index contributed by atoms with van der Waals surface area (Å²) in [4.78, 5) is 15.8. The molecule has 0 bridgehead atoms. The molecule has 1 aromatic carbocycles. The van der Waals surface area contributed by atoms with Gasteiger partial charge in [0.2, 0.25) is 0 Å². The first-order valence-corrected chi connectivity index (χ1v) is 6.65. The minimum Gasteiger partial charge on any atom is -0.290 e. The Labute approximate surface area is 126 Å². The minimum atomic E-state index is -0.346. The Morgan fingerprint density at radius 3 is 2.68 bits per heavy atom. The number of carbonyl (C=O) groups excluding carboxylic acids is 1. The second-order valence-corrected chi connectivity index (χ2v) is 4.67. The number of nitrogen functional groups attached to an aromatic ring is 1. The van der Waals surface area contributed by atoms with E-state index < -0.39 is 0 Å². The highest BCUT2D eigenvalue weighted by atomic mass is 16.2. The lowest BCUT2D eigenvalue weighted by Gasteiger charge is -1.99. The zero-order valence-electron chi connectivity index (χ0n) is 11.9. The largest absolute Gasteiger partial charge is 0.290 e. The van der Waals surface area contributed by atoms with Crippen molar-refractivity contribution < 1.29 is 4.79 Å². The Balaban J connectivity index is 1.90. The SMILES string of the molecule is Cc1nc2ccccn2c1N=Nc1ccc(C(=O)NN)cc1. The summed E-state index contributed by atoms with van der Waals surface area (Å²) in [5.41, 5.74) is 4.80. The number of imidazole rings is 1. The van der Waals surface area contributed by atoms with E-state index in [-0.39, 0.29) is 5.91 Å². The van der Waals surface area contributed by atoms with Crippen molar-refractivity contribution in [3.63, 3.8) is 0 Å². The highest BCUT2D eigenvalue weighted by Gasteiger charge is 2.07. The van der Waals surface area contributed by atoms with Crippen molar-refractivity contribution in [2.45, 2.75) is 6.92 Å². The molecule has 7 nitrogen and oxygen atoms in total. The fourth-order valence-electron chi connectivity index (χ4n) is 2.09. The van der Waals surface area contributed by atoms with Crippen molar-refractivity contribution in [2.24, 2.45) is 16.1 Å². The molecule has 2 aromatic heterocycles. The number of benzene rings is 1. The second kappa shape index (κ2) is 5.74. The normalized spacial score (nSPS) is 11.2. The fraction of sp³-hybridized carbons (Fsp3) is 0.0667. The predicted molar refractivity (Wildman–Crippen MR) is 82.2 cm³/mol. The number of nitrogens with zero attached hydrogens (tertiary/aromatic N) is 4. The second-order valence-electron chi connectivity index (χ2n) is 4.67. The van der Waals surface area contributed by atoms with Crippen molar-refractivity contribution >= 4 is 23.1 Å². The van der Waals surface area contributed by atoms with Gasteiger partial charge in [0.25, 0.3) is 5.91 Å². The fourth-order valence-corrected chi connectivity index (χ4v) is 2.09. The van der Waals surface area contributed by atoms with Gasteiger partial charge >= 0.3 is 0 Å². The van der Waals surface area contributed by atoms with E-state index in [4.69, 9.17) is 5.84 Å². The first kappa shape index (κ1) is 13.9. The van der Waals surface area contributed by atoms with E-state index in [9.17, 15) is 4.79 Å². The molecule has 0 unspecified atom stereocenters. The summed E-state index contributed by atoms with van der Waals surface area (Å²) in [6, 6.07) is 12.4. The van der Waals surface area contributed by atoms with Crippen molar-refractivity contribution in [3.8, 4) is 0 Å². The highest BCUT2D eigenvalue weighted by Crippen LogP contribution is 2.23. The van der Waals surface area contributed by atoms with Crippen LogP contribution < -0.4 is 11.3 Å². The average molecular weight is 294 g/mol. The van der Waals surface area contributed by atoms with Crippen molar-refractivity contribution in [1.82, 2.24) is 14.8 Å². The smallest absolute Gasteiger partial charge is 0.265 e. The number of azo groups is 1. The van der Waals surface area contributed by atoms with Gasteiger partial charge in [-0.1, -0.05) is 6.07 Å². The van der Waals surface area contributed by atoms with Gasteiger partial charge in [0, 0.05) is 11.8 Å². The Bertz CT molecular complexity index is 850. The van der Waals surface area contributed by atoms with Crippen LogP contribution in [-0.2, 0) is 0 Å². The Hall–Kier alpha value is -3.06. The number of hydrogen-bond donors (Lipinski definition) is 2. The maximum atomic E-state index is 11.4. The van der Waals surface area contributed by atoms with Crippen LogP contribution in [0.4, 0.5) is 11.5 Å². The molecule has 0 radical (unpaired) electrons. The molecular formula is C15H14N6O. The van der Waals surface area contributed by atoms with E-state index in [1.165, 1.54) is 0 Å². The molecule has 0 atom stereocenters. The number of rotatable bonds is 3. The van der Waals surface area contributed by atoms with Crippen LogP contribution in [0.2, 0.25) is 0 Å². The number of carbonyl (C=O) groups is 1. The molecule has 0 aliphatic carbocycles. The lowest BCUT2D eigenvalue weighted by molar-refractivity contribution is 0.0953. The molecule has 0 saturated carbocycles. The van der Waals surface area contributed by atoms with Crippen molar-refractivity contribution in [3.05, 3.63) is 59.9 Å². The Morgan fingerprint density at radius 2 is 1.95 bits per heavy atom. The van der Waals surface area contributed by atoms with Crippen LogP contribution >= 0.6 is 0 Å². The van der Waals surface area contributed by atoms with Gasteiger partial charge in [-0.25, -0.2) is 10.8 Å². The number of amides is 1. The molecule has 22 heavy (non-hydrogen) atoms. The molecule has 0 aliphatic heterocycles. The van der Waals surface area contributed by atoms with Crippen LogP contribution in [-0.4, -0.2) is 15.3 Å². The number of hydrogen-bond acceptors (Lipinski definition) is 5. The lowest BCUT2D eigenvalue weighted by atomic mass is 10.2. The molecule has 3 aromatic rings. The lowest BCUT2D eigenvalue weighted by Crippen LogP contribution is -2.29. The average Bonchev–Trinajstić information content (AvgIpc) is 2.88. The molecule has 0 aliphatic rings. The molecule has 0 fully saturated rings. The van der Waals surface area contributed by atoms with Gasteiger partial charge in [-0.15, -0.1) is 10.2 Å².